The maximum atomic E-state index is 12.2. The van der Waals surface area contributed by atoms with Crippen molar-refractivity contribution in [2.75, 3.05) is 5.32 Å². The molecule has 0 spiro atoms. The highest BCUT2D eigenvalue weighted by Gasteiger charge is 2.38. The van der Waals surface area contributed by atoms with E-state index in [1.165, 1.54) is 0 Å². The number of hydrogen-bond donors (Lipinski definition) is 4. The number of aromatic nitrogens is 3. The maximum absolute atomic E-state index is 12.2. The van der Waals surface area contributed by atoms with Gasteiger partial charge in [0.1, 0.15) is 16.9 Å². The first-order valence-electron chi connectivity index (χ1n) is 11.4. The Labute approximate surface area is 198 Å². The highest BCUT2D eigenvalue weighted by atomic mass is 16.6. The molecule has 9 heteroatoms. The van der Waals surface area contributed by atoms with Gasteiger partial charge in [-0.15, -0.1) is 0 Å². The highest BCUT2D eigenvalue weighted by Crippen LogP contribution is 2.39. The van der Waals surface area contributed by atoms with Gasteiger partial charge in [0.25, 0.3) is 0 Å². The number of carbonyl (C=O) groups excluding carboxylic acids is 1. The first-order chi connectivity index (χ1) is 15.8. The Kier molecular flexibility index (Phi) is 5.75. The smallest absolute Gasteiger partial charge is 0.408 e. The molecule has 0 saturated heterocycles. The van der Waals surface area contributed by atoms with Gasteiger partial charge in [0.15, 0.2) is 0 Å². The molecule has 1 amide bonds. The summed E-state index contributed by atoms with van der Waals surface area (Å²) in [5.74, 6) is -0.369. The van der Waals surface area contributed by atoms with Crippen LogP contribution in [0.15, 0.2) is 24.3 Å². The topological polar surface area (TPSA) is 129 Å². The van der Waals surface area contributed by atoms with Crippen LogP contribution in [0.2, 0.25) is 0 Å². The van der Waals surface area contributed by atoms with Gasteiger partial charge >= 0.3 is 12.1 Å². The lowest BCUT2D eigenvalue weighted by Crippen LogP contribution is -2.34. The van der Waals surface area contributed by atoms with Crippen LogP contribution in [-0.4, -0.2) is 43.3 Å². The molecule has 1 aromatic carbocycles. The van der Waals surface area contributed by atoms with Gasteiger partial charge in [0.05, 0.1) is 28.5 Å². The molecule has 1 unspecified atom stereocenters. The molecule has 34 heavy (non-hydrogen) atoms. The third kappa shape index (κ3) is 4.98. The van der Waals surface area contributed by atoms with Crippen molar-refractivity contribution >= 4 is 28.9 Å². The Morgan fingerprint density at radius 2 is 1.94 bits per heavy atom. The Morgan fingerprint density at radius 1 is 1.24 bits per heavy atom. The minimum atomic E-state index is -1.10. The molecule has 4 rings (SSSR count). The third-order valence-electron chi connectivity index (χ3n) is 5.82. The van der Waals surface area contributed by atoms with Crippen molar-refractivity contribution in [3.8, 4) is 11.3 Å². The summed E-state index contributed by atoms with van der Waals surface area (Å²) in [5.41, 5.74) is 3.32. The van der Waals surface area contributed by atoms with Crippen LogP contribution in [0.4, 0.5) is 10.6 Å². The van der Waals surface area contributed by atoms with E-state index in [1.807, 2.05) is 25.1 Å². The second-order valence-corrected chi connectivity index (χ2v) is 10.2. The number of rotatable bonds is 6. The number of carboxylic acids is 1. The summed E-state index contributed by atoms with van der Waals surface area (Å²) in [4.78, 5) is 37.0. The van der Waals surface area contributed by atoms with Crippen molar-refractivity contribution < 1.29 is 19.4 Å². The summed E-state index contributed by atoms with van der Waals surface area (Å²) >= 11 is 0. The number of alkyl carbamates (subject to hydrolysis) is 1. The lowest BCUT2D eigenvalue weighted by molar-refractivity contribution is 0.0503. The van der Waals surface area contributed by atoms with E-state index < -0.39 is 23.7 Å². The van der Waals surface area contributed by atoms with Crippen LogP contribution in [0, 0.1) is 6.92 Å². The number of carbonyl (C=O) groups is 2. The van der Waals surface area contributed by atoms with Crippen LogP contribution < -0.4 is 10.6 Å². The second kappa shape index (κ2) is 8.30. The van der Waals surface area contributed by atoms with Crippen molar-refractivity contribution in [3.05, 3.63) is 41.2 Å². The molecule has 0 bridgehead atoms. The lowest BCUT2D eigenvalue weighted by Gasteiger charge is -2.22. The van der Waals surface area contributed by atoms with E-state index in [0.717, 1.165) is 35.4 Å². The summed E-state index contributed by atoms with van der Waals surface area (Å²) < 4.78 is 5.31. The van der Waals surface area contributed by atoms with E-state index in [1.54, 1.807) is 33.8 Å². The molecule has 1 atom stereocenters. The van der Waals surface area contributed by atoms with Gasteiger partial charge in [-0.05, 0) is 66.5 Å². The standard InChI is InChI=1S/C25H31N5O4/c1-13(27-23(33)34-24(3,4)5)19-16(22(31)32)12-18(28-19)15-8-7-9-17-20(15)29-21(14(2)26-17)30-25(6)10-11-25/h7-9,12-13,28H,10-11H2,1-6H3,(H,27,33)(H,29,30)(H,31,32). The first kappa shape index (κ1) is 23.5. The fraction of sp³-hybridized carbons (Fsp3) is 0.440. The molecular weight excluding hydrogens is 434 g/mol. The lowest BCUT2D eigenvalue weighted by atomic mass is 10.1. The number of amides is 1. The number of carboxylic acid groups (broad SMARTS) is 1. The van der Waals surface area contributed by atoms with E-state index in [2.05, 4.69) is 22.5 Å². The average Bonchev–Trinajstić information content (AvgIpc) is 3.27. The monoisotopic (exact) mass is 465 g/mol. The minimum absolute atomic E-state index is 0.0426. The SMILES string of the molecule is Cc1nc2cccc(-c3cc(C(=O)O)c(C(C)NC(=O)OC(C)(C)C)[nH]3)c2nc1NC1(C)CC1. The van der Waals surface area contributed by atoms with Crippen molar-refractivity contribution in [2.45, 2.75) is 71.6 Å². The Bertz CT molecular complexity index is 1270. The Balaban J connectivity index is 1.73. The van der Waals surface area contributed by atoms with Crippen molar-refractivity contribution in [2.24, 2.45) is 0 Å². The maximum Gasteiger partial charge on any atom is 0.408 e. The van der Waals surface area contributed by atoms with E-state index in [4.69, 9.17) is 14.7 Å². The molecular formula is C25H31N5O4. The van der Waals surface area contributed by atoms with Gasteiger partial charge in [-0.2, -0.15) is 0 Å². The summed E-state index contributed by atoms with van der Waals surface area (Å²) in [7, 11) is 0. The molecule has 2 aromatic heterocycles. The number of hydrogen-bond acceptors (Lipinski definition) is 6. The predicted octanol–water partition coefficient (Wildman–Crippen LogP) is 5.18. The predicted molar refractivity (Wildman–Crippen MR) is 130 cm³/mol. The number of para-hydroxylation sites is 1. The second-order valence-electron chi connectivity index (χ2n) is 10.2. The summed E-state index contributed by atoms with van der Waals surface area (Å²) in [6, 6.07) is 6.57. The number of benzene rings is 1. The van der Waals surface area contributed by atoms with Gasteiger partial charge in [-0.3, -0.25) is 0 Å². The van der Waals surface area contributed by atoms with Crippen molar-refractivity contribution in [1.29, 1.82) is 0 Å². The van der Waals surface area contributed by atoms with E-state index >= 15 is 0 Å². The summed E-state index contributed by atoms with van der Waals surface area (Å²) in [6.07, 6.45) is 1.54. The summed E-state index contributed by atoms with van der Waals surface area (Å²) in [6.45, 7) is 11.1. The molecule has 0 aliphatic heterocycles. The quantitative estimate of drug-likeness (QED) is 0.395. The number of anilines is 1. The normalized spacial score (nSPS) is 15.6. The Hall–Kier alpha value is -3.62. The molecule has 3 aromatic rings. The number of fused-ring (bicyclic) bond motifs is 1. The molecule has 4 N–H and O–H groups in total. The zero-order chi connectivity index (χ0) is 24.8. The highest BCUT2D eigenvalue weighted by molar-refractivity contribution is 5.96. The Morgan fingerprint density at radius 3 is 2.56 bits per heavy atom. The van der Waals surface area contributed by atoms with Gasteiger partial charge in [0, 0.05) is 16.8 Å². The van der Waals surface area contributed by atoms with Crippen LogP contribution in [-0.2, 0) is 4.74 Å². The van der Waals surface area contributed by atoms with Crippen LogP contribution in [0.3, 0.4) is 0 Å². The van der Waals surface area contributed by atoms with E-state index in [-0.39, 0.29) is 11.1 Å². The molecule has 180 valence electrons. The first-order valence-corrected chi connectivity index (χ1v) is 11.4. The number of H-pyrrole nitrogens is 1. The minimum Gasteiger partial charge on any atom is -0.478 e. The van der Waals surface area contributed by atoms with Crippen LogP contribution in [0.5, 0.6) is 0 Å². The molecule has 1 fully saturated rings. The number of nitrogens with zero attached hydrogens (tertiary/aromatic N) is 2. The fourth-order valence-corrected chi connectivity index (χ4v) is 3.79. The molecule has 0 radical (unpaired) electrons. The van der Waals surface area contributed by atoms with Crippen LogP contribution >= 0.6 is 0 Å². The molecule has 2 heterocycles. The van der Waals surface area contributed by atoms with Crippen LogP contribution in [0.1, 0.15) is 75.2 Å². The van der Waals surface area contributed by atoms with Crippen molar-refractivity contribution in [3.63, 3.8) is 0 Å². The zero-order valence-electron chi connectivity index (χ0n) is 20.4. The number of aryl methyl sites for hydroxylation is 1. The molecule has 1 saturated carbocycles. The van der Waals surface area contributed by atoms with Crippen molar-refractivity contribution in [1.82, 2.24) is 20.3 Å². The van der Waals surface area contributed by atoms with E-state index in [9.17, 15) is 14.7 Å². The largest absolute Gasteiger partial charge is 0.478 e. The molecule has 1 aliphatic rings. The number of aromatic carboxylic acids is 1. The summed E-state index contributed by atoms with van der Waals surface area (Å²) in [5, 5.41) is 16.0. The molecule has 1 aliphatic carbocycles. The van der Waals surface area contributed by atoms with E-state index in [0.29, 0.717) is 16.9 Å². The number of aromatic amines is 1. The van der Waals surface area contributed by atoms with Crippen LogP contribution in [0.25, 0.3) is 22.3 Å². The van der Waals surface area contributed by atoms with Gasteiger partial charge in [-0.1, -0.05) is 12.1 Å². The third-order valence-corrected chi connectivity index (χ3v) is 5.82. The van der Waals surface area contributed by atoms with Gasteiger partial charge < -0.3 is 25.5 Å². The fourth-order valence-electron chi connectivity index (χ4n) is 3.79. The number of ether oxygens (including phenoxy) is 1. The van der Waals surface area contributed by atoms with Gasteiger partial charge in [-0.25, -0.2) is 19.6 Å². The average molecular weight is 466 g/mol. The number of nitrogens with one attached hydrogen (secondary N) is 3. The molecule has 9 nitrogen and oxygen atoms in total. The van der Waals surface area contributed by atoms with Gasteiger partial charge in [0.2, 0.25) is 0 Å². The zero-order valence-corrected chi connectivity index (χ0v) is 20.4.